The van der Waals surface area contributed by atoms with Crippen LogP contribution in [0.1, 0.15) is 0 Å². The predicted octanol–water partition coefficient (Wildman–Crippen LogP) is 2.06. The maximum Gasteiger partial charge on any atom is 0.0845 e. The van der Waals surface area contributed by atoms with E-state index in [1.807, 2.05) is 0 Å². The van der Waals surface area contributed by atoms with Crippen LogP contribution in [0, 0.1) is 0 Å². The molecule has 3 aromatic rings. The van der Waals surface area contributed by atoms with E-state index in [0.717, 1.165) is 32.7 Å². The minimum absolute atomic E-state index is 0.354. The fourth-order valence-corrected chi connectivity index (χ4v) is 3.66. The summed E-state index contributed by atoms with van der Waals surface area (Å²) in [5.74, 6) is 0. The topological polar surface area (TPSA) is 40.4 Å². The van der Waals surface area contributed by atoms with Crippen LogP contribution in [0.25, 0.3) is 21.8 Å². The van der Waals surface area contributed by atoms with Crippen molar-refractivity contribution in [3.05, 3.63) is 48.5 Å². The van der Waals surface area contributed by atoms with Crippen LogP contribution < -0.4 is 5.32 Å². The number of rotatable bonds is 4. The Morgan fingerprint density at radius 3 is 2.04 bits per heavy atom. The van der Waals surface area contributed by atoms with Gasteiger partial charge in [0.15, 0.2) is 0 Å². The van der Waals surface area contributed by atoms with Gasteiger partial charge in [0.2, 0.25) is 0 Å². The lowest BCUT2D eigenvalue weighted by atomic mass is 10.2. The van der Waals surface area contributed by atoms with Crippen molar-refractivity contribution in [2.24, 2.45) is 0 Å². The number of nitrogens with zero attached hydrogens (tertiary/aromatic N) is 2. The van der Waals surface area contributed by atoms with E-state index in [2.05, 4.69) is 63.3 Å². The van der Waals surface area contributed by atoms with Gasteiger partial charge in [-0.2, -0.15) is 0 Å². The van der Waals surface area contributed by atoms with Gasteiger partial charge in [0.05, 0.1) is 12.6 Å². The molecule has 2 heterocycles. The van der Waals surface area contributed by atoms with Crippen LogP contribution in [0.5, 0.6) is 0 Å². The predicted molar refractivity (Wildman–Crippen MR) is 94.8 cm³/mol. The van der Waals surface area contributed by atoms with Crippen molar-refractivity contribution in [1.29, 1.82) is 0 Å². The summed E-state index contributed by atoms with van der Waals surface area (Å²) < 4.78 is 2.26. The highest BCUT2D eigenvalue weighted by Gasteiger charge is 2.17. The van der Waals surface area contributed by atoms with Gasteiger partial charge < -0.3 is 15.0 Å². The number of aromatic nitrogens is 1. The minimum Gasteiger partial charge on any atom is -0.390 e. The second kappa shape index (κ2) is 6.32. The first-order valence-corrected chi connectivity index (χ1v) is 8.40. The maximum absolute atomic E-state index is 10.6. The van der Waals surface area contributed by atoms with E-state index in [4.69, 9.17) is 0 Å². The number of para-hydroxylation sites is 2. The van der Waals surface area contributed by atoms with Crippen LogP contribution in [0.4, 0.5) is 0 Å². The third-order valence-corrected chi connectivity index (χ3v) is 4.75. The van der Waals surface area contributed by atoms with E-state index in [1.54, 1.807) is 0 Å². The molecule has 1 aliphatic heterocycles. The second-order valence-corrected chi connectivity index (χ2v) is 6.35. The molecule has 1 fully saturated rings. The first-order chi connectivity index (χ1) is 11.3. The van der Waals surface area contributed by atoms with Crippen molar-refractivity contribution < 1.29 is 5.11 Å². The molecule has 1 saturated heterocycles. The van der Waals surface area contributed by atoms with Gasteiger partial charge in [0.1, 0.15) is 0 Å². The highest BCUT2D eigenvalue weighted by Crippen LogP contribution is 2.28. The second-order valence-electron chi connectivity index (χ2n) is 6.35. The Morgan fingerprint density at radius 1 is 0.870 bits per heavy atom. The molecule has 4 nitrogen and oxygen atoms in total. The molecule has 2 aromatic carbocycles. The zero-order valence-electron chi connectivity index (χ0n) is 13.3. The Kier molecular flexibility index (Phi) is 4.04. The standard InChI is InChI=1S/C19H23N3O/c23-15(13-21-11-9-20-10-12-21)14-22-18-7-3-1-5-16(18)17-6-2-4-8-19(17)22/h1-8,15,20,23H,9-14H2/t15-/m1/s1. The van der Waals surface area contributed by atoms with E-state index in [0.29, 0.717) is 6.54 Å². The Morgan fingerprint density at radius 2 is 1.43 bits per heavy atom. The summed E-state index contributed by atoms with van der Waals surface area (Å²) >= 11 is 0. The molecule has 1 aromatic heterocycles. The molecule has 0 saturated carbocycles. The summed E-state index contributed by atoms with van der Waals surface area (Å²) in [4.78, 5) is 2.34. The summed E-state index contributed by atoms with van der Waals surface area (Å²) in [6, 6.07) is 16.9. The maximum atomic E-state index is 10.6. The van der Waals surface area contributed by atoms with E-state index in [-0.39, 0.29) is 6.10 Å². The number of hydrogen-bond donors (Lipinski definition) is 2. The number of nitrogens with one attached hydrogen (secondary N) is 1. The van der Waals surface area contributed by atoms with Gasteiger partial charge in [0.25, 0.3) is 0 Å². The van der Waals surface area contributed by atoms with Crippen molar-refractivity contribution in [1.82, 2.24) is 14.8 Å². The van der Waals surface area contributed by atoms with Gasteiger partial charge >= 0.3 is 0 Å². The molecule has 0 spiro atoms. The van der Waals surface area contributed by atoms with Crippen molar-refractivity contribution in [2.45, 2.75) is 12.6 Å². The smallest absolute Gasteiger partial charge is 0.0845 e. The minimum atomic E-state index is -0.354. The van der Waals surface area contributed by atoms with Crippen LogP contribution in [-0.4, -0.2) is 53.4 Å². The number of fused-ring (bicyclic) bond motifs is 3. The van der Waals surface area contributed by atoms with Crippen LogP contribution in [0.2, 0.25) is 0 Å². The molecular weight excluding hydrogens is 286 g/mol. The molecular formula is C19H23N3O. The number of aliphatic hydroxyl groups excluding tert-OH is 1. The van der Waals surface area contributed by atoms with E-state index in [1.165, 1.54) is 21.8 Å². The van der Waals surface area contributed by atoms with Crippen molar-refractivity contribution >= 4 is 21.8 Å². The molecule has 23 heavy (non-hydrogen) atoms. The monoisotopic (exact) mass is 309 g/mol. The number of β-amino-alcohol motifs (C(OH)–C–C–N with tert-alkyl or cyclic N) is 1. The highest BCUT2D eigenvalue weighted by atomic mass is 16.3. The van der Waals surface area contributed by atoms with Crippen molar-refractivity contribution in [3.8, 4) is 0 Å². The molecule has 4 heteroatoms. The van der Waals surface area contributed by atoms with Crippen molar-refractivity contribution in [3.63, 3.8) is 0 Å². The highest BCUT2D eigenvalue weighted by molar-refractivity contribution is 6.07. The van der Waals surface area contributed by atoms with Crippen LogP contribution in [-0.2, 0) is 6.54 Å². The summed E-state index contributed by atoms with van der Waals surface area (Å²) in [5.41, 5.74) is 2.40. The molecule has 120 valence electrons. The molecule has 0 amide bonds. The third kappa shape index (κ3) is 2.85. The van der Waals surface area contributed by atoms with E-state index >= 15 is 0 Å². The summed E-state index contributed by atoms with van der Waals surface area (Å²) in [5, 5.41) is 16.5. The molecule has 1 aliphatic rings. The van der Waals surface area contributed by atoms with E-state index < -0.39 is 0 Å². The Labute approximate surface area is 136 Å². The van der Waals surface area contributed by atoms with Gasteiger partial charge in [-0.1, -0.05) is 36.4 Å². The van der Waals surface area contributed by atoms with Gasteiger partial charge in [-0.05, 0) is 12.1 Å². The summed E-state index contributed by atoms with van der Waals surface area (Å²) in [6.07, 6.45) is -0.354. The first kappa shape index (κ1) is 14.7. The SMILES string of the molecule is O[C@H](CN1CCNCC1)Cn1c2ccccc2c2ccccc21. The van der Waals surface area contributed by atoms with Crippen LogP contribution in [0.15, 0.2) is 48.5 Å². The Bertz CT molecular complexity index is 751. The molecule has 0 aliphatic carbocycles. The lowest BCUT2D eigenvalue weighted by Gasteiger charge is -2.29. The number of aliphatic hydroxyl groups is 1. The van der Waals surface area contributed by atoms with Gasteiger partial charge in [-0.15, -0.1) is 0 Å². The molecule has 0 bridgehead atoms. The first-order valence-electron chi connectivity index (χ1n) is 8.40. The summed E-state index contributed by atoms with van der Waals surface area (Å²) in [7, 11) is 0. The number of hydrogen-bond acceptors (Lipinski definition) is 3. The molecule has 4 rings (SSSR count). The van der Waals surface area contributed by atoms with Crippen LogP contribution in [0.3, 0.4) is 0 Å². The normalized spacial score (nSPS) is 17.8. The fraction of sp³-hybridized carbons (Fsp3) is 0.368. The lowest BCUT2D eigenvalue weighted by molar-refractivity contribution is 0.0936. The largest absolute Gasteiger partial charge is 0.390 e. The zero-order valence-corrected chi connectivity index (χ0v) is 13.3. The van der Waals surface area contributed by atoms with Gasteiger partial charge in [-0.3, -0.25) is 4.90 Å². The summed E-state index contributed by atoms with van der Waals surface area (Å²) in [6.45, 7) is 5.44. The van der Waals surface area contributed by atoms with Crippen LogP contribution >= 0.6 is 0 Å². The number of benzene rings is 2. The molecule has 2 N–H and O–H groups in total. The average molecular weight is 309 g/mol. The third-order valence-electron chi connectivity index (χ3n) is 4.75. The molecule has 0 unspecified atom stereocenters. The van der Waals surface area contributed by atoms with Crippen molar-refractivity contribution in [2.75, 3.05) is 32.7 Å². The Balaban J connectivity index is 1.64. The molecule has 0 radical (unpaired) electrons. The van der Waals surface area contributed by atoms with E-state index in [9.17, 15) is 5.11 Å². The fourth-order valence-electron chi connectivity index (χ4n) is 3.66. The quantitative estimate of drug-likeness (QED) is 0.775. The lowest BCUT2D eigenvalue weighted by Crippen LogP contribution is -2.46. The van der Waals surface area contributed by atoms with Gasteiger partial charge in [0, 0.05) is 54.5 Å². The zero-order chi connectivity index (χ0) is 15.6. The number of piperazine rings is 1. The Hall–Kier alpha value is -1.88. The van der Waals surface area contributed by atoms with Gasteiger partial charge in [-0.25, -0.2) is 0 Å². The average Bonchev–Trinajstić information content (AvgIpc) is 2.90. The molecule has 1 atom stereocenters.